The number of hydrogen-bond donors (Lipinski definition) is 5. The number of amides is 1. The second-order valence-electron chi connectivity index (χ2n) is 3.80. The molecule has 0 unspecified atom stereocenters. The summed E-state index contributed by atoms with van der Waals surface area (Å²) < 4.78 is 0. The number of aliphatic hydroxyl groups excluding tert-OH is 3. The van der Waals surface area contributed by atoms with Gasteiger partial charge in [-0.2, -0.15) is 0 Å². The van der Waals surface area contributed by atoms with Crippen LogP contribution in [0.5, 0.6) is 0 Å². The maximum atomic E-state index is 11.4. The highest BCUT2D eigenvalue weighted by molar-refractivity contribution is 5.77. The van der Waals surface area contributed by atoms with Gasteiger partial charge in [-0.3, -0.25) is 4.79 Å². The molecule has 0 saturated carbocycles. The molecule has 110 valence electrons. The van der Waals surface area contributed by atoms with E-state index in [2.05, 4.69) is 10.6 Å². The van der Waals surface area contributed by atoms with Crippen LogP contribution in [0.3, 0.4) is 0 Å². The summed E-state index contributed by atoms with van der Waals surface area (Å²) in [5, 5.41) is 32.4. The second-order valence-corrected chi connectivity index (χ2v) is 3.80. The molecular weight excluding hydrogens is 236 g/mol. The smallest absolute Gasteiger partial charge is 0.221 e. The summed E-state index contributed by atoms with van der Waals surface area (Å²) in [5.41, 5.74) is -1.32. The van der Waals surface area contributed by atoms with E-state index in [1.165, 1.54) is 0 Å². The monoisotopic (exact) mass is 264 g/mol. The van der Waals surface area contributed by atoms with Gasteiger partial charge in [0.25, 0.3) is 0 Å². The quantitative estimate of drug-likeness (QED) is 0.352. The van der Waals surface area contributed by atoms with E-state index in [1.54, 1.807) is 0 Å². The number of hydrogen-bond acceptors (Lipinski definition) is 5. The van der Waals surface area contributed by atoms with Crippen molar-refractivity contribution in [3.8, 4) is 0 Å². The Bertz CT molecular complexity index is 188. The minimum Gasteiger partial charge on any atom is -0.394 e. The van der Waals surface area contributed by atoms with Crippen LogP contribution in [0.15, 0.2) is 0 Å². The number of rotatable bonds is 9. The molecule has 0 spiro atoms. The standard InChI is InChI=1S/C10H22N2O4.C2H6/c1-2-4-11-5-3-9(16)12-10(6-13,7-14)8-15;1-2/h11,13-15H,2-8H2,1H3,(H,12,16);1-2H3. The van der Waals surface area contributed by atoms with Crippen LogP contribution >= 0.6 is 0 Å². The van der Waals surface area contributed by atoms with Gasteiger partial charge in [0, 0.05) is 13.0 Å². The predicted molar refractivity (Wildman–Crippen MR) is 71.3 cm³/mol. The molecule has 0 aliphatic heterocycles. The van der Waals surface area contributed by atoms with Gasteiger partial charge in [-0.1, -0.05) is 20.8 Å². The van der Waals surface area contributed by atoms with E-state index < -0.39 is 25.4 Å². The number of carbonyl (C=O) groups is 1. The van der Waals surface area contributed by atoms with Crippen molar-refractivity contribution in [3.05, 3.63) is 0 Å². The van der Waals surface area contributed by atoms with Crippen molar-refractivity contribution in [2.45, 2.75) is 39.2 Å². The van der Waals surface area contributed by atoms with Gasteiger partial charge in [-0.15, -0.1) is 0 Å². The Hall–Kier alpha value is -0.690. The van der Waals surface area contributed by atoms with Gasteiger partial charge in [0.1, 0.15) is 5.54 Å². The normalized spacial score (nSPS) is 10.6. The lowest BCUT2D eigenvalue weighted by Gasteiger charge is -2.28. The fourth-order valence-corrected chi connectivity index (χ4v) is 1.13. The van der Waals surface area contributed by atoms with Crippen molar-refractivity contribution in [2.75, 3.05) is 32.9 Å². The second kappa shape index (κ2) is 12.8. The Labute approximate surface area is 109 Å². The third-order valence-electron chi connectivity index (χ3n) is 2.27. The molecule has 0 aromatic carbocycles. The zero-order valence-electron chi connectivity index (χ0n) is 11.7. The largest absolute Gasteiger partial charge is 0.394 e. The SMILES string of the molecule is CC.CCCNCCC(=O)NC(CO)(CO)CO. The Morgan fingerprint density at radius 2 is 1.56 bits per heavy atom. The lowest BCUT2D eigenvalue weighted by Crippen LogP contribution is -2.57. The molecule has 0 atom stereocenters. The first kappa shape index (κ1) is 19.6. The minimum atomic E-state index is -1.32. The molecule has 6 nitrogen and oxygen atoms in total. The highest BCUT2D eigenvalue weighted by Gasteiger charge is 2.29. The number of aliphatic hydroxyl groups is 3. The van der Waals surface area contributed by atoms with E-state index in [-0.39, 0.29) is 12.3 Å². The van der Waals surface area contributed by atoms with E-state index in [1.807, 2.05) is 20.8 Å². The summed E-state index contributed by atoms with van der Waals surface area (Å²) >= 11 is 0. The zero-order valence-corrected chi connectivity index (χ0v) is 11.7. The molecule has 5 N–H and O–H groups in total. The highest BCUT2D eigenvalue weighted by atomic mass is 16.3. The van der Waals surface area contributed by atoms with E-state index in [9.17, 15) is 4.79 Å². The van der Waals surface area contributed by atoms with Crippen LogP contribution < -0.4 is 10.6 Å². The fourth-order valence-electron chi connectivity index (χ4n) is 1.13. The third kappa shape index (κ3) is 8.41. The van der Waals surface area contributed by atoms with Crippen LogP contribution in [0, 0.1) is 0 Å². The van der Waals surface area contributed by atoms with E-state index in [0.29, 0.717) is 6.54 Å². The molecule has 0 rings (SSSR count). The Kier molecular flexibility index (Phi) is 13.9. The van der Waals surface area contributed by atoms with E-state index in [4.69, 9.17) is 15.3 Å². The van der Waals surface area contributed by atoms with Crippen LogP contribution in [0.2, 0.25) is 0 Å². The summed E-state index contributed by atoms with van der Waals surface area (Å²) in [4.78, 5) is 11.4. The first-order chi connectivity index (χ1) is 8.64. The topological polar surface area (TPSA) is 102 Å². The van der Waals surface area contributed by atoms with Crippen LogP contribution in [0.1, 0.15) is 33.6 Å². The molecule has 0 saturated heterocycles. The molecule has 0 aliphatic carbocycles. The van der Waals surface area contributed by atoms with Gasteiger partial charge in [0.05, 0.1) is 19.8 Å². The highest BCUT2D eigenvalue weighted by Crippen LogP contribution is 2.01. The van der Waals surface area contributed by atoms with Gasteiger partial charge in [0.15, 0.2) is 0 Å². The summed E-state index contributed by atoms with van der Waals surface area (Å²) in [7, 11) is 0. The van der Waals surface area contributed by atoms with Gasteiger partial charge in [0.2, 0.25) is 5.91 Å². The molecule has 18 heavy (non-hydrogen) atoms. The molecule has 0 aromatic rings. The van der Waals surface area contributed by atoms with Gasteiger partial charge in [-0.05, 0) is 13.0 Å². The molecule has 0 aromatic heterocycles. The predicted octanol–water partition coefficient (Wildman–Crippen LogP) is -0.766. The number of carbonyl (C=O) groups excluding carboxylic acids is 1. The third-order valence-corrected chi connectivity index (χ3v) is 2.27. The summed E-state index contributed by atoms with van der Waals surface area (Å²) in [6.45, 7) is 5.94. The van der Waals surface area contributed by atoms with Crippen molar-refractivity contribution in [3.63, 3.8) is 0 Å². The number of nitrogens with one attached hydrogen (secondary N) is 2. The molecular formula is C12H28N2O4. The van der Waals surface area contributed by atoms with Crippen molar-refractivity contribution in [1.29, 1.82) is 0 Å². The van der Waals surface area contributed by atoms with Crippen LogP contribution in [0.4, 0.5) is 0 Å². The molecule has 0 fully saturated rings. The molecule has 6 heteroatoms. The van der Waals surface area contributed by atoms with Crippen LogP contribution in [0.25, 0.3) is 0 Å². The average molecular weight is 264 g/mol. The van der Waals surface area contributed by atoms with Crippen LogP contribution in [-0.2, 0) is 4.79 Å². The van der Waals surface area contributed by atoms with E-state index >= 15 is 0 Å². The van der Waals surface area contributed by atoms with Gasteiger partial charge >= 0.3 is 0 Å². The Morgan fingerprint density at radius 3 is 1.94 bits per heavy atom. The van der Waals surface area contributed by atoms with E-state index in [0.717, 1.165) is 13.0 Å². The summed E-state index contributed by atoms with van der Waals surface area (Å²) in [6.07, 6.45) is 1.25. The molecule has 0 aliphatic rings. The van der Waals surface area contributed by atoms with Crippen molar-refractivity contribution in [1.82, 2.24) is 10.6 Å². The first-order valence-electron chi connectivity index (χ1n) is 6.48. The van der Waals surface area contributed by atoms with Gasteiger partial charge in [-0.25, -0.2) is 0 Å². The maximum Gasteiger partial charge on any atom is 0.221 e. The Morgan fingerprint density at radius 1 is 1.06 bits per heavy atom. The van der Waals surface area contributed by atoms with Crippen molar-refractivity contribution in [2.24, 2.45) is 0 Å². The average Bonchev–Trinajstić information content (AvgIpc) is 2.43. The lowest BCUT2D eigenvalue weighted by molar-refractivity contribution is -0.125. The first-order valence-corrected chi connectivity index (χ1v) is 6.48. The van der Waals surface area contributed by atoms with Crippen molar-refractivity contribution >= 4 is 5.91 Å². The molecule has 0 radical (unpaired) electrons. The Balaban J connectivity index is 0. The molecule has 1 amide bonds. The zero-order chi connectivity index (χ0) is 14.4. The van der Waals surface area contributed by atoms with Crippen molar-refractivity contribution < 1.29 is 20.1 Å². The van der Waals surface area contributed by atoms with Crippen LogP contribution in [-0.4, -0.2) is 59.7 Å². The molecule has 0 bridgehead atoms. The molecule has 0 heterocycles. The minimum absolute atomic E-state index is 0.252. The summed E-state index contributed by atoms with van der Waals surface area (Å²) in [6, 6.07) is 0. The lowest BCUT2D eigenvalue weighted by atomic mass is 10.0. The van der Waals surface area contributed by atoms with Gasteiger partial charge < -0.3 is 26.0 Å². The maximum absolute atomic E-state index is 11.4. The fraction of sp³-hybridized carbons (Fsp3) is 0.917. The summed E-state index contributed by atoms with van der Waals surface area (Å²) in [5.74, 6) is -0.305.